The predicted octanol–water partition coefficient (Wildman–Crippen LogP) is 4.45. The first-order valence-electron chi connectivity index (χ1n) is 6.37. The Morgan fingerprint density at radius 3 is 2.78 bits per heavy atom. The van der Waals surface area contributed by atoms with E-state index in [1.165, 1.54) is 12.1 Å². The van der Waals surface area contributed by atoms with E-state index in [1.807, 2.05) is 13.0 Å². The van der Waals surface area contributed by atoms with Crippen molar-refractivity contribution in [1.82, 2.24) is 9.55 Å². The summed E-state index contributed by atoms with van der Waals surface area (Å²) in [6.07, 6.45) is 2.30. The molecule has 0 bridgehead atoms. The molecule has 0 amide bonds. The third-order valence-corrected chi connectivity index (χ3v) is 3.94. The number of imidazole rings is 1. The number of benzene rings is 1. The van der Waals surface area contributed by atoms with E-state index < -0.39 is 0 Å². The molecule has 1 aromatic carbocycles. The van der Waals surface area contributed by atoms with E-state index in [0.717, 1.165) is 30.1 Å². The molecule has 2 nitrogen and oxygen atoms in total. The topological polar surface area (TPSA) is 17.8 Å². The number of aromatic nitrogens is 2. The number of fused-ring (bicyclic) bond motifs is 1. The molecule has 0 aliphatic heterocycles. The Morgan fingerprint density at radius 2 is 2.17 bits per heavy atom. The fourth-order valence-electron chi connectivity index (χ4n) is 2.83. The van der Waals surface area contributed by atoms with Crippen molar-refractivity contribution < 1.29 is 4.39 Å². The Kier molecular flexibility index (Phi) is 2.81. The van der Waals surface area contributed by atoms with Crippen LogP contribution in [0.15, 0.2) is 18.2 Å². The van der Waals surface area contributed by atoms with Crippen LogP contribution in [0.5, 0.6) is 0 Å². The molecule has 1 aromatic heterocycles. The number of hydrogen-bond donors (Lipinski definition) is 0. The van der Waals surface area contributed by atoms with Gasteiger partial charge >= 0.3 is 0 Å². The van der Waals surface area contributed by atoms with Crippen LogP contribution in [0.1, 0.15) is 43.9 Å². The van der Waals surface area contributed by atoms with Crippen molar-refractivity contribution in [3.63, 3.8) is 0 Å². The number of halogens is 2. The minimum Gasteiger partial charge on any atom is -0.324 e. The molecule has 1 aliphatic rings. The van der Waals surface area contributed by atoms with Crippen LogP contribution in [0.3, 0.4) is 0 Å². The third-order valence-electron chi connectivity index (χ3n) is 3.75. The van der Waals surface area contributed by atoms with Crippen molar-refractivity contribution in [3.8, 4) is 0 Å². The summed E-state index contributed by atoms with van der Waals surface area (Å²) in [4.78, 5) is 4.49. The second-order valence-corrected chi connectivity index (χ2v) is 5.97. The van der Waals surface area contributed by atoms with E-state index in [1.54, 1.807) is 0 Å². The summed E-state index contributed by atoms with van der Waals surface area (Å²) < 4.78 is 15.5. The Balaban J connectivity index is 2.16. The van der Waals surface area contributed by atoms with Gasteiger partial charge in [-0.25, -0.2) is 9.37 Å². The quantitative estimate of drug-likeness (QED) is 0.735. The molecular formula is C14H16ClFN2. The van der Waals surface area contributed by atoms with Gasteiger partial charge in [-0.2, -0.15) is 0 Å². The lowest BCUT2D eigenvalue weighted by Gasteiger charge is -2.35. The lowest BCUT2D eigenvalue weighted by molar-refractivity contribution is 0.216. The lowest BCUT2D eigenvalue weighted by Crippen LogP contribution is -2.26. The smallest absolute Gasteiger partial charge is 0.127 e. The number of alkyl halides is 1. The molecule has 0 saturated heterocycles. The van der Waals surface area contributed by atoms with Crippen LogP contribution in [-0.2, 0) is 0 Å². The summed E-state index contributed by atoms with van der Waals surface area (Å²) in [6, 6.07) is 5.25. The first-order valence-corrected chi connectivity index (χ1v) is 6.81. The van der Waals surface area contributed by atoms with E-state index in [4.69, 9.17) is 11.6 Å². The van der Waals surface area contributed by atoms with Crippen molar-refractivity contribution in [3.05, 3.63) is 29.8 Å². The van der Waals surface area contributed by atoms with Crippen molar-refractivity contribution in [2.45, 2.75) is 38.1 Å². The maximum absolute atomic E-state index is 13.3. The Labute approximate surface area is 111 Å². The zero-order valence-corrected chi connectivity index (χ0v) is 11.3. The van der Waals surface area contributed by atoms with Crippen LogP contribution in [0, 0.1) is 11.7 Å². The van der Waals surface area contributed by atoms with Crippen molar-refractivity contribution in [1.29, 1.82) is 0 Å². The summed E-state index contributed by atoms with van der Waals surface area (Å²) in [6.45, 7) is 4.16. The monoisotopic (exact) mass is 266 g/mol. The molecule has 3 rings (SSSR count). The minimum atomic E-state index is -0.247. The predicted molar refractivity (Wildman–Crippen MR) is 71.4 cm³/mol. The normalized spacial score (nSPS) is 25.1. The summed E-state index contributed by atoms with van der Waals surface area (Å²) in [7, 11) is 0. The van der Waals surface area contributed by atoms with Gasteiger partial charge in [-0.05, 0) is 37.8 Å². The molecule has 4 heteroatoms. The van der Waals surface area contributed by atoms with E-state index in [2.05, 4.69) is 16.5 Å². The van der Waals surface area contributed by atoms with E-state index in [-0.39, 0.29) is 11.2 Å². The molecular weight excluding hydrogens is 251 g/mol. The van der Waals surface area contributed by atoms with Crippen LogP contribution in [0.2, 0.25) is 0 Å². The summed E-state index contributed by atoms with van der Waals surface area (Å²) >= 11 is 6.20. The fraction of sp³-hybridized carbons (Fsp3) is 0.500. The molecule has 96 valence electrons. The first-order chi connectivity index (χ1) is 8.56. The first kappa shape index (κ1) is 12.0. The molecule has 18 heavy (non-hydrogen) atoms. The highest BCUT2D eigenvalue weighted by molar-refractivity contribution is 6.20. The SMILES string of the molecule is CC1CC(n2c(C(C)Cl)nc3cc(F)ccc32)C1. The highest BCUT2D eigenvalue weighted by atomic mass is 35.5. The van der Waals surface area contributed by atoms with Crippen molar-refractivity contribution in [2.75, 3.05) is 0 Å². The van der Waals surface area contributed by atoms with Gasteiger partial charge in [0.1, 0.15) is 11.6 Å². The summed E-state index contributed by atoms with van der Waals surface area (Å²) in [5.74, 6) is 1.36. The standard InChI is InChI=1S/C14H16ClFN2/c1-8-5-11(6-8)18-13-4-3-10(16)7-12(13)17-14(18)9(2)15/h3-4,7-9,11H,5-6H2,1-2H3. The van der Waals surface area contributed by atoms with Gasteiger partial charge in [0.2, 0.25) is 0 Å². The highest BCUT2D eigenvalue weighted by Gasteiger charge is 2.31. The van der Waals surface area contributed by atoms with Gasteiger partial charge in [0.25, 0.3) is 0 Å². The maximum atomic E-state index is 13.3. The van der Waals surface area contributed by atoms with Crippen LogP contribution in [0.4, 0.5) is 4.39 Å². The van der Waals surface area contributed by atoms with Gasteiger partial charge in [-0.15, -0.1) is 11.6 Å². The van der Waals surface area contributed by atoms with Gasteiger partial charge in [-0.1, -0.05) is 6.92 Å². The van der Waals surface area contributed by atoms with Gasteiger partial charge in [0.15, 0.2) is 0 Å². The van der Waals surface area contributed by atoms with E-state index in [9.17, 15) is 4.39 Å². The number of nitrogens with zero attached hydrogens (tertiary/aromatic N) is 2. The van der Waals surface area contributed by atoms with Crippen LogP contribution in [-0.4, -0.2) is 9.55 Å². The van der Waals surface area contributed by atoms with Gasteiger partial charge in [0, 0.05) is 12.1 Å². The van der Waals surface area contributed by atoms with Crippen LogP contribution in [0.25, 0.3) is 11.0 Å². The molecule has 1 saturated carbocycles. The largest absolute Gasteiger partial charge is 0.324 e. The van der Waals surface area contributed by atoms with Crippen molar-refractivity contribution >= 4 is 22.6 Å². The molecule has 1 atom stereocenters. The molecule has 0 spiro atoms. The second-order valence-electron chi connectivity index (χ2n) is 5.32. The number of hydrogen-bond acceptors (Lipinski definition) is 1. The maximum Gasteiger partial charge on any atom is 0.127 e. The average Bonchev–Trinajstić information content (AvgIpc) is 2.63. The van der Waals surface area contributed by atoms with Gasteiger partial charge < -0.3 is 4.57 Å². The molecule has 2 aromatic rings. The van der Waals surface area contributed by atoms with Gasteiger partial charge in [0.05, 0.1) is 16.4 Å². The minimum absolute atomic E-state index is 0.156. The van der Waals surface area contributed by atoms with Gasteiger partial charge in [-0.3, -0.25) is 0 Å². The summed E-state index contributed by atoms with van der Waals surface area (Å²) in [5.41, 5.74) is 1.70. The molecule has 0 radical (unpaired) electrons. The van der Waals surface area contributed by atoms with E-state index >= 15 is 0 Å². The zero-order chi connectivity index (χ0) is 12.9. The Bertz CT molecular complexity index is 585. The summed E-state index contributed by atoms with van der Waals surface area (Å²) in [5, 5.41) is -0.156. The Hall–Kier alpha value is -1.09. The second kappa shape index (κ2) is 4.23. The molecule has 0 N–H and O–H groups in total. The third kappa shape index (κ3) is 1.81. The lowest BCUT2D eigenvalue weighted by atomic mass is 9.81. The zero-order valence-electron chi connectivity index (χ0n) is 10.5. The molecule has 1 fully saturated rings. The van der Waals surface area contributed by atoms with E-state index in [0.29, 0.717) is 11.6 Å². The van der Waals surface area contributed by atoms with Crippen LogP contribution < -0.4 is 0 Å². The fourth-order valence-corrected chi connectivity index (χ4v) is 2.98. The van der Waals surface area contributed by atoms with Crippen LogP contribution >= 0.6 is 11.6 Å². The average molecular weight is 267 g/mol. The molecule has 1 heterocycles. The molecule has 1 unspecified atom stereocenters. The number of rotatable bonds is 2. The van der Waals surface area contributed by atoms with Crippen molar-refractivity contribution in [2.24, 2.45) is 5.92 Å². The highest BCUT2D eigenvalue weighted by Crippen LogP contribution is 2.41. The Morgan fingerprint density at radius 1 is 1.44 bits per heavy atom. The molecule has 1 aliphatic carbocycles.